The molecule has 0 radical (unpaired) electrons. The van der Waals surface area contributed by atoms with Crippen molar-refractivity contribution in [2.45, 2.75) is 38.2 Å². The average Bonchev–Trinajstić information content (AvgIpc) is 2.88. The van der Waals surface area contributed by atoms with Crippen molar-refractivity contribution in [2.24, 2.45) is 0 Å². The molecule has 5 heteroatoms. The highest BCUT2D eigenvalue weighted by Gasteiger charge is 2.11. The summed E-state index contributed by atoms with van der Waals surface area (Å²) in [7, 11) is 0. The van der Waals surface area contributed by atoms with Crippen LogP contribution in [0.1, 0.15) is 27.7 Å². The van der Waals surface area contributed by atoms with Crippen LogP contribution in [-0.2, 0) is 0 Å². The van der Waals surface area contributed by atoms with Gasteiger partial charge in [-0.05, 0) is 38.1 Å². The van der Waals surface area contributed by atoms with Crippen molar-refractivity contribution in [3.8, 4) is 11.5 Å². The van der Waals surface area contributed by atoms with E-state index in [0.717, 1.165) is 18.7 Å². The van der Waals surface area contributed by atoms with E-state index in [0.29, 0.717) is 16.4 Å². The second-order valence-electron chi connectivity index (χ2n) is 4.76. The highest BCUT2D eigenvalue weighted by Crippen LogP contribution is 2.27. The van der Waals surface area contributed by atoms with Gasteiger partial charge in [-0.1, -0.05) is 25.6 Å². The lowest BCUT2D eigenvalue weighted by Gasteiger charge is -2.20. The number of thioether (sulfide) groups is 1. The van der Waals surface area contributed by atoms with Gasteiger partial charge in [0.25, 0.3) is 5.22 Å². The molecule has 0 spiro atoms. The summed E-state index contributed by atoms with van der Waals surface area (Å²) in [5.74, 6) is 0.583. The Labute approximate surface area is 124 Å². The van der Waals surface area contributed by atoms with Crippen molar-refractivity contribution < 1.29 is 4.42 Å². The van der Waals surface area contributed by atoms with Crippen molar-refractivity contribution in [3.63, 3.8) is 0 Å². The number of anilines is 1. The Morgan fingerprint density at radius 1 is 1.10 bits per heavy atom. The fourth-order valence-corrected chi connectivity index (χ4v) is 2.60. The Bertz CT molecular complexity index is 532. The standard InChI is InChI=1S/C15H21N3OS/c1-5-18(6-2)13-9-7-12(8-10-13)14-16-17-15(19-14)20-11(3)4/h7-11H,5-6H2,1-4H3. The molecule has 1 heterocycles. The zero-order valence-electron chi connectivity index (χ0n) is 12.5. The van der Waals surface area contributed by atoms with E-state index < -0.39 is 0 Å². The fourth-order valence-electron chi connectivity index (χ4n) is 1.98. The van der Waals surface area contributed by atoms with Crippen LogP contribution in [0.25, 0.3) is 11.5 Å². The minimum atomic E-state index is 0.438. The molecule has 2 aromatic rings. The second-order valence-corrected chi connectivity index (χ2v) is 6.29. The van der Waals surface area contributed by atoms with Crippen LogP contribution in [0.15, 0.2) is 33.9 Å². The van der Waals surface area contributed by atoms with Crippen LogP contribution in [0.5, 0.6) is 0 Å². The Hall–Kier alpha value is -1.49. The van der Waals surface area contributed by atoms with Gasteiger partial charge in [0.15, 0.2) is 0 Å². The molecular weight excluding hydrogens is 270 g/mol. The zero-order chi connectivity index (χ0) is 14.5. The summed E-state index contributed by atoms with van der Waals surface area (Å²) in [6.45, 7) is 10.5. The first-order chi connectivity index (χ1) is 9.63. The number of rotatable bonds is 6. The van der Waals surface area contributed by atoms with Crippen molar-refractivity contribution in [3.05, 3.63) is 24.3 Å². The monoisotopic (exact) mass is 291 g/mol. The lowest BCUT2D eigenvalue weighted by molar-refractivity contribution is 0.465. The molecule has 0 aliphatic carbocycles. The maximum atomic E-state index is 5.66. The Balaban J connectivity index is 2.15. The molecule has 0 unspecified atom stereocenters. The summed E-state index contributed by atoms with van der Waals surface area (Å²) < 4.78 is 5.66. The topological polar surface area (TPSA) is 42.2 Å². The smallest absolute Gasteiger partial charge is 0.277 e. The zero-order valence-corrected chi connectivity index (χ0v) is 13.3. The molecule has 1 aromatic carbocycles. The first-order valence-corrected chi connectivity index (χ1v) is 7.87. The molecule has 1 aromatic heterocycles. The average molecular weight is 291 g/mol. The summed E-state index contributed by atoms with van der Waals surface area (Å²) in [5.41, 5.74) is 2.18. The lowest BCUT2D eigenvalue weighted by Crippen LogP contribution is -2.21. The minimum Gasteiger partial charge on any atom is -0.411 e. The molecule has 0 aliphatic rings. The molecule has 0 N–H and O–H groups in total. The predicted octanol–water partition coefficient (Wildman–Crippen LogP) is 4.08. The van der Waals surface area contributed by atoms with Crippen LogP contribution in [0.4, 0.5) is 5.69 Å². The Kier molecular flexibility index (Phi) is 5.06. The molecule has 0 atom stereocenters. The van der Waals surface area contributed by atoms with Crippen LogP contribution in [-0.4, -0.2) is 28.5 Å². The van der Waals surface area contributed by atoms with Crippen molar-refractivity contribution >= 4 is 17.4 Å². The first-order valence-electron chi connectivity index (χ1n) is 6.99. The van der Waals surface area contributed by atoms with Gasteiger partial charge in [-0.3, -0.25) is 0 Å². The van der Waals surface area contributed by atoms with Crippen LogP contribution < -0.4 is 4.90 Å². The van der Waals surface area contributed by atoms with Gasteiger partial charge in [0.2, 0.25) is 5.89 Å². The van der Waals surface area contributed by atoms with Gasteiger partial charge in [-0.15, -0.1) is 10.2 Å². The van der Waals surface area contributed by atoms with Crippen LogP contribution in [0.3, 0.4) is 0 Å². The fraction of sp³-hybridized carbons (Fsp3) is 0.467. The summed E-state index contributed by atoms with van der Waals surface area (Å²) in [6, 6.07) is 8.26. The number of nitrogens with zero attached hydrogens (tertiary/aromatic N) is 3. The van der Waals surface area contributed by atoms with Gasteiger partial charge in [-0.25, -0.2) is 0 Å². The van der Waals surface area contributed by atoms with E-state index in [1.54, 1.807) is 11.8 Å². The molecule has 0 amide bonds. The van der Waals surface area contributed by atoms with E-state index in [1.807, 2.05) is 12.1 Å². The van der Waals surface area contributed by atoms with Gasteiger partial charge >= 0.3 is 0 Å². The quantitative estimate of drug-likeness (QED) is 0.750. The van der Waals surface area contributed by atoms with Gasteiger partial charge < -0.3 is 9.32 Å². The van der Waals surface area contributed by atoms with E-state index in [-0.39, 0.29) is 0 Å². The Morgan fingerprint density at radius 3 is 2.30 bits per heavy atom. The highest BCUT2D eigenvalue weighted by molar-refractivity contribution is 7.99. The third-order valence-electron chi connectivity index (χ3n) is 2.99. The van der Waals surface area contributed by atoms with Crippen LogP contribution in [0.2, 0.25) is 0 Å². The molecule has 0 saturated heterocycles. The van der Waals surface area contributed by atoms with Crippen molar-refractivity contribution in [1.29, 1.82) is 0 Å². The van der Waals surface area contributed by atoms with E-state index >= 15 is 0 Å². The number of hydrogen-bond donors (Lipinski definition) is 0. The predicted molar refractivity (Wildman–Crippen MR) is 84.3 cm³/mol. The molecule has 108 valence electrons. The molecular formula is C15H21N3OS. The molecule has 0 saturated carbocycles. The van der Waals surface area contributed by atoms with Crippen LogP contribution in [0, 0.1) is 0 Å². The molecule has 0 bridgehead atoms. The van der Waals surface area contributed by atoms with E-state index in [9.17, 15) is 0 Å². The summed E-state index contributed by atoms with van der Waals surface area (Å²) in [4.78, 5) is 2.30. The third kappa shape index (κ3) is 3.54. The Morgan fingerprint density at radius 2 is 1.75 bits per heavy atom. The van der Waals surface area contributed by atoms with E-state index in [2.05, 4.69) is 54.9 Å². The van der Waals surface area contributed by atoms with E-state index in [4.69, 9.17) is 4.42 Å². The third-order valence-corrected chi connectivity index (χ3v) is 3.82. The normalized spacial score (nSPS) is 11.1. The molecule has 2 rings (SSSR count). The molecule has 20 heavy (non-hydrogen) atoms. The molecule has 0 fully saturated rings. The molecule has 0 aliphatic heterocycles. The van der Waals surface area contributed by atoms with Gasteiger partial charge in [0.1, 0.15) is 0 Å². The van der Waals surface area contributed by atoms with Crippen molar-refractivity contribution in [1.82, 2.24) is 10.2 Å². The van der Waals surface area contributed by atoms with Crippen molar-refractivity contribution in [2.75, 3.05) is 18.0 Å². The minimum absolute atomic E-state index is 0.438. The number of benzene rings is 1. The SMILES string of the molecule is CCN(CC)c1ccc(-c2nnc(SC(C)C)o2)cc1. The summed E-state index contributed by atoms with van der Waals surface area (Å²) in [6.07, 6.45) is 0. The maximum absolute atomic E-state index is 5.66. The maximum Gasteiger partial charge on any atom is 0.277 e. The van der Waals surface area contributed by atoms with Gasteiger partial charge in [0.05, 0.1) is 0 Å². The largest absolute Gasteiger partial charge is 0.411 e. The summed E-state index contributed by atoms with van der Waals surface area (Å²) >= 11 is 1.58. The van der Waals surface area contributed by atoms with Gasteiger partial charge in [-0.2, -0.15) is 0 Å². The van der Waals surface area contributed by atoms with Crippen LogP contribution >= 0.6 is 11.8 Å². The van der Waals surface area contributed by atoms with Gasteiger partial charge in [0, 0.05) is 29.6 Å². The number of hydrogen-bond acceptors (Lipinski definition) is 5. The number of aromatic nitrogens is 2. The first kappa shape index (κ1) is 14.9. The second kappa shape index (κ2) is 6.79. The highest BCUT2D eigenvalue weighted by atomic mass is 32.2. The summed E-state index contributed by atoms with van der Waals surface area (Å²) in [5, 5.41) is 9.23. The molecule has 4 nitrogen and oxygen atoms in total. The lowest BCUT2D eigenvalue weighted by atomic mass is 10.2. The van der Waals surface area contributed by atoms with E-state index in [1.165, 1.54) is 5.69 Å².